The summed E-state index contributed by atoms with van der Waals surface area (Å²) in [6.45, 7) is 34.2. The Balaban J connectivity index is 1.07. The summed E-state index contributed by atoms with van der Waals surface area (Å²) < 4.78 is 5.09. The van der Waals surface area contributed by atoms with E-state index in [1.807, 2.05) is 0 Å². The fourth-order valence-electron chi connectivity index (χ4n) is 12.9. The monoisotopic (exact) mass is 1080 g/mol. The van der Waals surface area contributed by atoms with Gasteiger partial charge in [-0.3, -0.25) is 0 Å². The molecule has 0 spiro atoms. The maximum Gasteiger partial charge on any atom is 0.0642 e. The SMILES string of the molecule is C=C(/C=C\C(=C/C)C(C)(C)C)N(c1ccc(C(C)(C)C)cc1)c1ccc2cc3c4c5c(cc6c7cc8ccc(N(c9ccc(C(C)(C)C)cc9)c9ccc(C(C)(C)C)cc9)cc8cc7n(c3cc2c1)c64)c1ccccc1n5-c1ccccc1. The maximum absolute atomic E-state index is 4.77. The quantitative estimate of drug-likeness (QED) is 0.134. The van der Waals surface area contributed by atoms with Gasteiger partial charge in [-0.2, -0.15) is 0 Å². The topological polar surface area (TPSA) is 15.8 Å². The van der Waals surface area contributed by atoms with Crippen LogP contribution in [0.3, 0.4) is 0 Å². The van der Waals surface area contributed by atoms with E-state index in [9.17, 15) is 0 Å². The number of hydrogen-bond donors (Lipinski definition) is 0. The van der Waals surface area contributed by atoms with Crippen LogP contribution >= 0.6 is 0 Å². The van der Waals surface area contributed by atoms with Gasteiger partial charge in [0.25, 0.3) is 0 Å². The molecule has 0 atom stereocenters. The van der Waals surface area contributed by atoms with Gasteiger partial charge in [-0.05, 0) is 188 Å². The molecule has 4 nitrogen and oxygen atoms in total. The molecule has 0 aliphatic carbocycles. The van der Waals surface area contributed by atoms with Crippen LogP contribution in [0, 0.1) is 5.41 Å². The van der Waals surface area contributed by atoms with Gasteiger partial charge in [0.15, 0.2) is 0 Å². The van der Waals surface area contributed by atoms with E-state index < -0.39 is 0 Å². The second kappa shape index (κ2) is 19.4. The molecule has 83 heavy (non-hydrogen) atoms. The van der Waals surface area contributed by atoms with Crippen molar-refractivity contribution in [1.82, 2.24) is 8.97 Å². The summed E-state index contributed by atoms with van der Waals surface area (Å²) >= 11 is 0. The van der Waals surface area contributed by atoms with Crippen molar-refractivity contribution in [1.29, 1.82) is 0 Å². The van der Waals surface area contributed by atoms with Crippen LogP contribution in [0.15, 0.2) is 230 Å². The molecule has 0 saturated carbocycles. The summed E-state index contributed by atoms with van der Waals surface area (Å²) in [4.78, 5) is 4.74. The summed E-state index contributed by atoms with van der Waals surface area (Å²) in [6.07, 6.45) is 6.63. The van der Waals surface area contributed by atoms with Gasteiger partial charge >= 0.3 is 0 Å². The van der Waals surface area contributed by atoms with E-state index in [1.165, 1.54) is 98.3 Å². The maximum atomic E-state index is 4.77. The summed E-state index contributed by atoms with van der Waals surface area (Å²) in [6, 6.07) is 73.6. The molecule has 13 aromatic rings. The van der Waals surface area contributed by atoms with Gasteiger partial charge in [0, 0.05) is 72.1 Å². The molecule has 0 fully saturated rings. The highest BCUT2D eigenvalue weighted by Gasteiger charge is 2.27. The number of rotatable bonds is 9. The number of anilines is 5. The van der Waals surface area contributed by atoms with Gasteiger partial charge in [-0.15, -0.1) is 0 Å². The third-order valence-corrected chi connectivity index (χ3v) is 17.5. The molecule has 0 bridgehead atoms. The van der Waals surface area contributed by atoms with Crippen molar-refractivity contribution in [3.8, 4) is 5.69 Å². The number of fused-ring (bicyclic) bond motifs is 12. The highest BCUT2D eigenvalue weighted by atomic mass is 15.1. The number of para-hydroxylation sites is 2. The number of benzene rings is 10. The van der Waals surface area contributed by atoms with Crippen LogP contribution in [0.4, 0.5) is 28.4 Å². The Kier molecular flexibility index (Phi) is 12.5. The standard InChI is InChI=1S/C79H76N4/c1-15-55(76(3,4)5)28-25-50(2)80(60-37-29-56(30-38-60)77(6,7)8)63-35-26-52-46-69-72(48-53(52)43-63)83-71-47-54-44-64(81(61-39-31-57(32-40-61)78(9,10)11)62-41-33-58(34-42-62)79(12,13)14)36-27-51(54)45-66(71)68-49-67-65-23-19-20-24-70(65)82(59-21-17-16-18-22-59)74(67)73(69)75(68)83/h15-49H,2H2,1,3-14H3/b28-25-,55-15+. The van der Waals surface area contributed by atoms with Gasteiger partial charge in [-0.1, -0.05) is 187 Å². The van der Waals surface area contributed by atoms with Crippen LogP contribution in [0.5, 0.6) is 0 Å². The zero-order chi connectivity index (χ0) is 58.1. The van der Waals surface area contributed by atoms with Crippen molar-refractivity contribution >= 4 is 110 Å². The first-order chi connectivity index (χ1) is 39.5. The van der Waals surface area contributed by atoms with Crippen LogP contribution in [-0.4, -0.2) is 8.97 Å². The average Bonchev–Trinajstić information content (AvgIpc) is 1.60. The van der Waals surface area contributed by atoms with Gasteiger partial charge in [-0.25, -0.2) is 0 Å². The minimum absolute atomic E-state index is 0.00647. The van der Waals surface area contributed by atoms with E-state index in [1.54, 1.807) is 0 Å². The molecule has 0 aliphatic rings. The Morgan fingerprint density at radius 2 is 0.880 bits per heavy atom. The number of allylic oxidation sites excluding steroid dienone is 4. The zero-order valence-electron chi connectivity index (χ0n) is 50.7. The van der Waals surface area contributed by atoms with Crippen LogP contribution in [0.25, 0.3) is 87.1 Å². The molecular weight excluding hydrogens is 1000 g/mol. The Hall–Kier alpha value is -8.86. The smallest absolute Gasteiger partial charge is 0.0642 e. The van der Waals surface area contributed by atoms with E-state index in [4.69, 9.17) is 6.58 Å². The fourth-order valence-corrected chi connectivity index (χ4v) is 12.9. The molecule has 13 rings (SSSR count). The second-order valence-electron chi connectivity index (χ2n) is 27.2. The molecule has 4 heteroatoms. The van der Waals surface area contributed by atoms with Gasteiger partial charge in [0.1, 0.15) is 0 Å². The molecule has 412 valence electrons. The average molecular weight is 1080 g/mol. The van der Waals surface area contributed by atoms with Crippen molar-refractivity contribution < 1.29 is 0 Å². The molecule has 3 heterocycles. The number of nitrogens with zero attached hydrogens (tertiary/aromatic N) is 4. The van der Waals surface area contributed by atoms with E-state index in [0.29, 0.717) is 0 Å². The third kappa shape index (κ3) is 9.15. The van der Waals surface area contributed by atoms with Crippen LogP contribution in [0.1, 0.15) is 107 Å². The normalized spacial score (nSPS) is 13.2. The Morgan fingerprint density at radius 3 is 1.43 bits per heavy atom. The van der Waals surface area contributed by atoms with E-state index in [0.717, 1.165) is 45.2 Å². The fraction of sp³-hybridized carbons (Fsp3) is 0.215. The molecule has 0 radical (unpaired) electrons. The molecule has 3 aromatic heterocycles. The molecule has 0 aliphatic heterocycles. The summed E-state index contributed by atoms with van der Waals surface area (Å²) in [5, 5.41) is 12.2. The molecule has 0 amide bonds. The van der Waals surface area contributed by atoms with Crippen LogP contribution < -0.4 is 9.80 Å². The predicted molar refractivity (Wildman–Crippen MR) is 361 cm³/mol. The Labute approximate surface area is 490 Å². The van der Waals surface area contributed by atoms with Crippen molar-refractivity contribution in [3.05, 3.63) is 247 Å². The van der Waals surface area contributed by atoms with Gasteiger partial charge in [0.2, 0.25) is 0 Å². The Morgan fingerprint density at radius 1 is 0.398 bits per heavy atom. The summed E-state index contributed by atoms with van der Waals surface area (Å²) in [5.74, 6) is 0. The predicted octanol–water partition coefficient (Wildman–Crippen LogP) is 22.8. The van der Waals surface area contributed by atoms with Gasteiger partial charge in [0.05, 0.1) is 27.6 Å². The Bertz CT molecular complexity index is 4690. The van der Waals surface area contributed by atoms with E-state index in [-0.39, 0.29) is 21.7 Å². The van der Waals surface area contributed by atoms with Crippen molar-refractivity contribution in [2.24, 2.45) is 5.41 Å². The highest BCUT2D eigenvalue weighted by Crippen LogP contribution is 2.49. The lowest BCUT2D eigenvalue weighted by atomic mass is 9.86. The lowest BCUT2D eigenvalue weighted by Gasteiger charge is -2.28. The molecule has 10 aromatic carbocycles. The highest BCUT2D eigenvalue weighted by molar-refractivity contribution is 6.35. The van der Waals surface area contributed by atoms with E-state index in [2.05, 4.69) is 321 Å². The van der Waals surface area contributed by atoms with Crippen LogP contribution in [-0.2, 0) is 16.2 Å². The van der Waals surface area contributed by atoms with Crippen molar-refractivity contribution in [2.75, 3.05) is 9.80 Å². The first-order valence-electron chi connectivity index (χ1n) is 29.6. The second-order valence-corrected chi connectivity index (χ2v) is 27.2. The first kappa shape index (κ1) is 53.5. The third-order valence-electron chi connectivity index (χ3n) is 17.5. The van der Waals surface area contributed by atoms with Crippen molar-refractivity contribution in [2.45, 2.75) is 106 Å². The lowest BCUT2D eigenvalue weighted by Crippen LogP contribution is -2.16. The van der Waals surface area contributed by atoms with E-state index >= 15 is 0 Å². The minimum atomic E-state index is -0.00647. The molecule has 0 unspecified atom stereocenters. The minimum Gasteiger partial charge on any atom is -0.311 e. The summed E-state index contributed by atoms with van der Waals surface area (Å²) in [5.41, 5.74) is 18.9. The number of hydrogen-bond acceptors (Lipinski definition) is 2. The molecular formula is C79H76N4. The molecule has 0 N–H and O–H groups in total. The largest absolute Gasteiger partial charge is 0.311 e. The van der Waals surface area contributed by atoms with Crippen LogP contribution in [0.2, 0.25) is 0 Å². The zero-order valence-corrected chi connectivity index (χ0v) is 50.7. The first-order valence-corrected chi connectivity index (χ1v) is 29.6. The lowest BCUT2D eigenvalue weighted by molar-refractivity contribution is 0.516. The van der Waals surface area contributed by atoms with Crippen molar-refractivity contribution in [3.63, 3.8) is 0 Å². The summed E-state index contributed by atoms with van der Waals surface area (Å²) in [7, 11) is 0. The number of aromatic nitrogens is 2. The molecule has 0 saturated heterocycles. The van der Waals surface area contributed by atoms with Gasteiger partial charge < -0.3 is 18.8 Å².